The van der Waals surface area contributed by atoms with E-state index in [2.05, 4.69) is 35.6 Å². The molecule has 2 heterocycles. The summed E-state index contributed by atoms with van der Waals surface area (Å²) < 4.78 is 0. The number of hydrogen-bond acceptors (Lipinski definition) is 4. The molecule has 1 aromatic rings. The minimum absolute atomic E-state index is 0.648. The van der Waals surface area contributed by atoms with Crippen LogP contribution in [-0.2, 0) is 6.42 Å². The number of rotatable bonds is 4. The fraction of sp³-hybridized carbons (Fsp3) is 0.714. The van der Waals surface area contributed by atoms with Crippen LogP contribution in [0.25, 0.3) is 0 Å². The maximum atomic E-state index is 5.99. The van der Waals surface area contributed by atoms with Crippen molar-refractivity contribution in [3.63, 3.8) is 0 Å². The molecule has 1 atom stereocenters. The molecule has 4 nitrogen and oxygen atoms in total. The van der Waals surface area contributed by atoms with E-state index in [0.29, 0.717) is 5.82 Å². The molecule has 0 saturated carbocycles. The number of nitrogens with zero attached hydrogens (tertiary/aromatic N) is 3. The molecule has 100 valence electrons. The Morgan fingerprint density at radius 2 is 2.22 bits per heavy atom. The van der Waals surface area contributed by atoms with Crippen LogP contribution < -0.4 is 10.6 Å². The number of aromatic nitrogens is 2. The van der Waals surface area contributed by atoms with Crippen molar-refractivity contribution in [1.82, 2.24) is 9.97 Å². The van der Waals surface area contributed by atoms with Gasteiger partial charge in [-0.2, -0.15) is 0 Å². The normalized spacial score (nSPS) is 19.8. The van der Waals surface area contributed by atoms with E-state index in [1.807, 2.05) is 0 Å². The van der Waals surface area contributed by atoms with Gasteiger partial charge in [0.2, 0.25) is 0 Å². The SMILES string of the molecule is CCCc1c(N)ncnc1N1CCC(C(C)C)C1. The number of nitrogen functional groups attached to an aromatic ring is 1. The van der Waals surface area contributed by atoms with Crippen LogP contribution in [0.2, 0.25) is 0 Å². The first kappa shape index (κ1) is 13.1. The van der Waals surface area contributed by atoms with Crippen molar-refractivity contribution >= 4 is 11.6 Å². The summed E-state index contributed by atoms with van der Waals surface area (Å²) in [5, 5.41) is 0. The summed E-state index contributed by atoms with van der Waals surface area (Å²) in [7, 11) is 0. The molecule has 1 saturated heterocycles. The van der Waals surface area contributed by atoms with Crippen LogP contribution in [0.3, 0.4) is 0 Å². The van der Waals surface area contributed by atoms with Gasteiger partial charge >= 0.3 is 0 Å². The maximum absolute atomic E-state index is 5.99. The van der Waals surface area contributed by atoms with Crippen molar-refractivity contribution in [3.05, 3.63) is 11.9 Å². The van der Waals surface area contributed by atoms with E-state index in [1.54, 1.807) is 6.33 Å². The highest BCUT2D eigenvalue weighted by Gasteiger charge is 2.27. The second kappa shape index (κ2) is 5.55. The molecular weight excluding hydrogens is 224 g/mol. The van der Waals surface area contributed by atoms with E-state index in [0.717, 1.165) is 49.1 Å². The van der Waals surface area contributed by atoms with Crippen LogP contribution in [0.4, 0.5) is 11.6 Å². The molecule has 1 unspecified atom stereocenters. The average molecular weight is 248 g/mol. The second-order valence-electron chi connectivity index (χ2n) is 5.55. The molecule has 0 amide bonds. The first-order valence-corrected chi connectivity index (χ1v) is 6.97. The first-order chi connectivity index (χ1) is 8.63. The molecule has 0 aromatic carbocycles. The Morgan fingerprint density at radius 1 is 1.44 bits per heavy atom. The zero-order chi connectivity index (χ0) is 13.1. The van der Waals surface area contributed by atoms with Crippen LogP contribution in [0, 0.1) is 11.8 Å². The third-order valence-corrected chi connectivity index (χ3v) is 3.92. The Balaban J connectivity index is 2.21. The van der Waals surface area contributed by atoms with Gasteiger partial charge in [0.05, 0.1) is 0 Å². The lowest BCUT2D eigenvalue weighted by Gasteiger charge is -2.22. The molecule has 18 heavy (non-hydrogen) atoms. The molecule has 0 radical (unpaired) electrons. The van der Waals surface area contributed by atoms with E-state index in [4.69, 9.17) is 5.73 Å². The van der Waals surface area contributed by atoms with Crippen molar-refractivity contribution in [2.24, 2.45) is 11.8 Å². The number of anilines is 2. The van der Waals surface area contributed by atoms with Crippen molar-refractivity contribution < 1.29 is 0 Å². The molecule has 1 fully saturated rings. The van der Waals surface area contributed by atoms with E-state index in [9.17, 15) is 0 Å². The van der Waals surface area contributed by atoms with Gasteiger partial charge < -0.3 is 10.6 Å². The van der Waals surface area contributed by atoms with Gasteiger partial charge in [-0.25, -0.2) is 9.97 Å². The largest absolute Gasteiger partial charge is 0.383 e. The summed E-state index contributed by atoms with van der Waals surface area (Å²) in [5.41, 5.74) is 7.12. The number of nitrogens with two attached hydrogens (primary N) is 1. The summed E-state index contributed by atoms with van der Waals surface area (Å²) in [5.74, 6) is 3.22. The van der Waals surface area contributed by atoms with Crippen molar-refractivity contribution in [1.29, 1.82) is 0 Å². The Labute approximate surface area is 110 Å². The highest BCUT2D eigenvalue weighted by Crippen LogP contribution is 2.30. The summed E-state index contributed by atoms with van der Waals surface area (Å²) in [6.45, 7) is 8.96. The van der Waals surface area contributed by atoms with Crippen LogP contribution >= 0.6 is 0 Å². The molecule has 1 aliphatic heterocycles. The Hall–Kier alpha value is -1.32. The topological polar surface area (TPSA) is 55.0 Å². The standard InChI is InChI=1S/C14H24N4/c1-4-5-12-13(15)16-9-17-14(12)18-7-6-11(8-18)10(2)3/h9-11H,4-8H2,1-3H3,(H2,15,16,17). The molecule has 0 spiro atoms. The van der Waals surface area contributed by atoms with Gasteiger partial charge in [-0.15, -0.1) is 0 Å². The first-order valence-electron chi connectivity index (χ1n) is 6.97. The molecule has 4 heteroatoms. The number of hydrogen-bond donors (Lipinski definition) is 1. The molecule has 2 N–H and O–H groups in total. The minimum atomic E-state index is 0.648. The molecule has 1 aliphatic rings. The summed E-state index contributed by atoms with van der Waals surface area (Å²) >= 11 is 0. The molecule has 0 bridgehead atoms. The predicted molar refractivity (Wildman–Crippen MR) is 75.6 cm³/mol. The van der Waals surface area contributed by atoms with Crippen molar-refractivity contribution in [2.75, 3.05) is 23.7 Å². The van der Waals surface area contributed by atoms with E-state index in [-0.39, 0.29) is 0 Å². The lowest BCUT2D eigenvalue weighted by atomic mass is 9.95. The van der Waals surface area contributed by atoms with Crippen molar-refractivity contribution in [2.45, 2.75) is 40.0 Å². The van der Waals surface area contributed by atoms with Gasteiger partial charge in [-0.05, 0) is 24.7 Å². The predicted octanol–water partition coefficient (Wildman–Crippen LogP) is 2.49. The van der Waals surface area contributed by atoms with Crippen molar-refractivity contribution in [3.8, 4) is 0 Å². The zero-order valence-corrected chi connectivity index (χ0v) is 11.7. The zero-order valence-electron chi connectivity index (χ0n) is 11.7. The monoisotopic (exact) mass is 248 g/mol. The molecule has 0 aliphatic carbocycles. The van der Waals surface area contributed by atoms with Crippen LogP contribution in [0.5, 0.6) is 0 Å². The third kappa shape index (κ3) is 2.57. The van der Waals surface area contributed by atoms with Gasteiger partial charge in [0.1, 0.15) is 18.0 Å². The second-order valence-corrected chi connectivity index (χ2v) is 5.55. The highest BCUT2D eigenvalue weighted by molar-refractivity contribution is 5.57. The highest BCUT2D eigenvalue weighted by atomic mass is 15.2. The Morgan fingerprint density at radius 3 is 2.83 bits per heavy atom. The smallest absolute Gasteiger partial charge is 0.137 e. The fourth-order valence-electron chi connectivity index (χ4n) is 2.70. The molecular formula is C14H24N4. The van der Waals surface area contributed by atoms with Gasteiger partial charge in [0.15, 0.2) is 0 Å². The minimum Gasteiger partial charge on any atom is -0.383 e. The Bertz CT molecular complexity index is 403. The van der Waals surface area contributed by atoms with Gasteiger partial charge in [0.25, 0.3) is 0 Å². The van der Waals surface area contributed by atoms with Crippen LogP contribution in [0.15, 0.2) is 6.33 Å². The average Bonchev–Trinajstić information content (AvgIpc) is 2.81. The van der Waals surface area contributed by atoms with Gasteiger partial charge in [-0.3, -0.25) is 0 Å². The van der Waals surface area contributed by atoms with Gasteiger partial charge in [-0.1, -0.05) is 27.2 Å². The summed E-state index contributed by atoms with van der Waals surface area (Å²) in [6.07, 6.45) is 4.89. The molecule has 2 rings (SSSR count). The van der Waals surface area contributed by atoms with E-state index < -0.39 is 0 Å². The summed E-state index contributed by atoms with van der Waals surface area (Å²) in [6, 6.07) is 0. The van der Waals surface area contributed by atoms with Crippen LogP contribution in [-0.4, -0.2) is 23.1 Å². The third-order valence-electron chi connectivity index (χ3n) is 3.92. The van der Waals surface area contributed by atoms with E-state index in [1.165, 1.54) is 6.42 Å². The maximum Gasteiger partial charge on any atom is 0.137 e. The lowest BCUT2D eigenvalue weighted by molar-refractivity contribution is 0.422. The lowest BCUT2D eigenvalue weighted by Crippen LogP contribution is -2.24. The summed E-state index contributed by atoms with van der Waals surface area (Å²) in [4.78, 5) is 11.0. The quantitative estimate of drug-likeness (QED) is 0.889. The van der Waals surface area contributed by atoms with E-state index >= 15 is 0 Å². The molecule has 1 aromatic heterocycles. The Kier molecular flexibility index (Phi) is 4.04. The van der Waals surface area contributed by atoms with Crippen LogP contribution in [0.1, 0.15) is 39.2 Å². The van der Waals surface area contributed by atoms with Gasteiger partial charge in [0, 0.05) is 18.7 Å². The fourth-order valence-corrected chi connectivity index (χ4v) is 2.70.